The zero-order chi connectivity index (χ0) is 18.4. The molecule has 1 aromatic carbocycles. The normalized spacial score (nSPS) is 17.3. The molecule has 0 unspecified atom stereocenters. The van der Waals surface area contributed by atoms with Crippen LogP contribution < -0.4 is 5.56 Å². The van der Waals surface area contributed by atoms with Crippen molar-refractivity contribution in [2.45, 2.75) is 37.8 Å². The van der Waals surface area contributed by atoms with Crippen molar-refractivity contribution >= 4 is 16.8 Å². The highest BCUT2D eigenvalue weighted by atomic mass is 16.2. The SMILES string of the molecule is O=C(CCn1cnc2ccccc2c1=O)N1CC(n2cc(C3CC3)nn2)C1. The Balaban J connectivity index is 1.18. The molecule has 3 heterocycles. The number of carbonyl (C=O) groups excluding carboxylic acids is 1. The fourth-order valence-electron chi connectivity index (χ4n) is 3.50. The Kier molecular flexibility index (Phi) is 3.77. The van der Waals surface area contributed by atoms with Gasteiger partial charge in [0, 0.05) is 38.2 Å². The molecule has 5 rings (SSSR count). The third-order valence-corrected chi connectivity index (χ3v) is 5.41. The summed E-state index contributed by atoms with van der Waals surface area (Å²) in [6, 6.07) is 7.45. The van der Waals surface area contributed by atoms with Crippen LogP contribution in [0.3, 0.4) is 0 Å². The first-order chi connectivity index (χ1) is 13.2. The maximum Gasteiger partial charge on any atom is 0.261 e. The number of aryl methyl sites for hydroxylation is 1. The number of hydrogen-bond acceptors (Lipinski definition) is 5. The van der Waals surface area contributed by atoms with E-state index in [1.54, 1.807) is 6.07 Å². The molecule has 0 atom stereocenters. The number of amides is 1. The van der Waals surface area contributed by atoms with Gasteiger partial charge in [0.1, 0.15) is 0 Å². The molecule has 0 radical (unpaired) electrons. The van der Waals surface area contributed by atoms with Gasteiger partial charge in [-0.15, -0.1) is 5.10 Å². The van der Waals surface area contributed by atoms with Gasteiger partial charge in [0.05, 0.1) is 29.0 Å². The van der Waals surface area contributed by atoms with Crippen LogP contribution in [0.1, 0.15) is 36.9 Å². The Hall–Kier alpha value is -3.03. The van der Waals surface area contributed by atoms with E-state index in [9.17, 15) is 9.59 Å². The number of nitrogens with zero attached hydrogens (tertiary/aromatic N) is 6. The van der Waals surface area contributed by atoms with Gasteiger partial charge in [-0.2, -0.15) is 0 Å². The monoisotopic (exact) mass is 364 g/mol. The van der Waals surface area contributed by atoms with E-state index in [0.29, 0.717) is 36.5 Å². The highest BCUT2D eigenvalue weighted by Gasteiger charge is 2.34. The molecular weight excluding hydrogens is 344 g/mol. The standard InChI is InChI=1S/C19H20N6O2/c26-18(7-8-23-12-20-16-4-2-1-3-15(16)19(23)27)24-9-14(10-24)25-11-17(21-22-25)13-5-6-13/h1-4,11-14H,5-10H2. The van der Waals surface area contributed by atoms with Gasteiger partial charge < -0.3 is 4.90 Å². The highest BCUT2D eigenvalue weighted by molar-refractivity contribution is 5.78. The minimum atomic E-state index is -0.106. The molecule has 1 aliphatic carbocycles. The van der Waals surface area contributed by atoms with Crippen molar-refractivity contribution in [1.82, 2.24) is 29.4 Å². The molecule has 2 aliphatic rings. The van der Waals surface area contributed by atoms with Crippen molar-refractivity contribution in [1.29, 1.82) is 0 Å². The molecule has 1 saturated carbocycles. The molecule has 3 aromatic rings. The average Bonchev–Trinajstić information content (AvgIpc) is 3.39. The van der Waals surface area contributed by atoms with Gasteiger partial charge in [-0.1, -0.05) is 17.3 Å². The molecule has 1 saturated heterocycles. The number of likely N-dealkylation sites (tertiary alicyclic amines) is 1. The lowest BCUT2D eigenvalue weighted by atomic mass is 10.1. The number of rotatable bonds is 5. The summed E-state index contributed by atoms with van der Waals surface area (Å²) >= 11 is 0. The van der Waals surface area contributed by atoms with Gasteiger partial charge in [0.25, 0.3) is 5.56 Å². The molecule has 27 heavy (non-hydrogen) atoms. The van der Waals surface area contributed by atoms with Crippen molar-refractivity contribution in [3.05, 3.63) is 52.8 Å². The molecular formula is C19H20N6O2. The fraction of sp³-hybridized carbons (Fsp3) is 0.421. The van der Waals surface area contributed by atoms with Crippen LogP contribution in [0, 0.1) is 0 Å². The quantitative estimate of drug-likeness (QED) is 0.682. The molecule has 1 aliphatic heterocycles. The van der Waals surface area contributed by atoms with Gasteiger partial charge in [-0.3, -0.25) is 14.2 Å². The largest absolute Gasteiger partial charge is 0.338 e. The molecule has 2 aromatic heterocycles. The second-order valence-electron chi connectivity index (χ2n) is 7.36. The van der Waals surface area contributed by atoms with Crippen LogP contribution >= 0.6 is 0 Å². The first kappa shape index (κ1) is 16.2. The molecule has 8 nitrogen and oxygen atoms in total. The Bertz CT molecular complexity index is 1060. The molecule has 1 amide bonds. The van der Waals surface area contributed by atoms with Gasteiger partial charge >= 0.3 is 0 Å². The molecule has 0 N–H and O–H groups in total. The smallest absolute Gasteiger partial charge is 0.261 e. The summed E-state index contributed by atoms with van der Waals surface area (Å²) in [6.45, 7) is 1.64. The summed E-state index contributed by atoms with van der Waals surface area (Å²) in [7, 11) is 0. The van der Waals surface area contributed by atoms with Gasteiger partial charge in [-0.25, -0.2) is 9.67 Å². The van der Waals surface area contributed by atoms with Crippen molar-refractivity contribution < 1.29 is 4.79 Å². The van der Waals surface area contributed by atoms with Gasteiger partial charge in [0.2, 0.25) is 5.91 Å². The van der Waals surface area contributed by atoms with Crippen molar-refractivity contribution in [3.8, 4) is 0 Å². The third kappa shape index (κ3) is 3.01. The van der Waals surface area contributed by atoms with E-state index >= 15 is 0 Å². The predicted molar refractivity (Wildman–Crippen MR) is 98.2 cm³/mol. The summed E-state index contributed by atoms with van der Waals surface area (Å²) in [5.41, 5.74) is 1.64. The summed E-state index contributed by atoms with van der Waals surface area (Å²) in [5.74, 6) is 0.638. The van der Waals surface area contributed by atoms with Gasteiger partial charge in [-0.05, 0) is 25.0 Å². The van der Waals surface area contributed by atoms with Crippen molar-refractivity contribution in [2.75, 3.05) is 13.1 Å². The van der Waals surface area contributed by atoms with E-state index in [-0.39, 0.29) is 23.9 Å². The van der Waals surface area contributed by atoms with E-state index in [0.717, 1.165) is 5.69 Å². The summed E-state index contributed by atoms with van der Waals surface area (Å²) in [4.78, 5) is 31.0. The molecule has 0 bridgehead atoms. The average molecular weight is 364 g/mol. The molecule has 0 spiro atoms. The number of para-hydroxylation sites is 1. The Labute approximate surface area is 155 Å². The Morgan fingerprint density at radius 2 is 2.00 bits per heavy atom. The molecule has 138 valence electrons. The van der Waals surface area contributed by atoms with Crippen LogP contribution in [-0.4, -0.2) is 48.4 Å². The lowest BCUT2D eigenvalue weighted by Crippen LogP contribution is -2.51. The first-order valence-corrected chi connectivity index (χ1v) is 9.33. The van der Waals surface area contributed by atoms with E-state index in [4.69, 9.17) is 0 Å². The number of benzene rings is 1. The van der Waals surface area contributed by atoms with Crippen LogP contribution in [0.5, 0.6) is 0 Å². The van der Waals surface area contributed by atoms with Crippen molar-refractivity contribution in [2.24, 2.45) is 0 Å². The third-order valence-electron chi connectivity index (χ3n) is 5.41. The number of carbonyl (C=O) groups is 1. The topological polar surface area (TPSA) is 85.9 Å². The van der Waals surface area contributed by atoms with E-state index in [1.165, 1.54) is 23.7 Å². The lowest BCUT2D eigenvalue weighted by molar-refractivity contribution is -0.137. The van der Waals surface area contributed by atoms with Crippen molar-refractivity contribution in [3.63, 3.8) is 0 Å². The van der Waals surface area contributed by atoms with E-state index in [2.05, 4.69) is 15.3 Å². The van der Waals surface area contributed by atoms with Crippen LogP contribution in [0.15, 0.2) is 41.6 Å². The second-order valence-corrected chi connectivity index (χ2v) is 7.36. The van der Waals surface area contributed by atoms with Crippen LogP contribution in [-0.2, 0) is 11.3 Å². The van der Waals surface area contributed by atoms with Crippen LogP contribution in [0.4, 0.5) is 0 Å². The number of aromatic nitrogens is 5. The maximum atomic E-state index is 12.5. The Morgan fingerprint density at radius 1 is 1.19 bits per heavy atom. The Morgan fingerprint density at radius 3 is 2.81 bits per heavy atom. The van der Waals surface area contributed by atoms with Crippen LogP contribution in [0.2, 0.25) is 0 Å². The van der Waals surface area contributed by atoms with Gasteiger partial charge in [0.15, 0.2) is 0 Å². The number of fused-ring (bicyclic) bond motifs is 1. The predicted octanol–water partition coefficient (Wildman–Crippen LogP) is 1.34. The van der Waals surface area contributed by atoms with Crippen LogP contribution in [0.25, 0.3) is 10.9 Å². The zero-order valence-electron chi connectivity index (χ0n) is 14.9. The maximum absolute atomic E-state index is 12.5. The molecule has 2 fully saturated rings. The minimum absolute atomic E-state index is 0.0499. The second kappa shape index (κ2) is 6.29. The summed E-state index contributed by atoms with van der Waals surface area (Å²) in [5, 5.41) is 9.01. The lowest BCUT2D eigenvalue weighted by Gasteiger charge is -2.39. The highest BCUT2D eigenvalue weighted by Crippen LogP contribution is 2.39. The number of hydrogen-bond donors (Lipinski definition) is 0. The summed E-state index contributed by atoms with van der Waals surface area (Å²) < 4.78 is 3.39. The first-order valence-electron chi connectivity index (χ1n) is 9.33. The minimum Gasteiger partial charge on any atom is -0.338 e. The zero-order valence-corrected chi connectivity index (χ0v) is 14.9. The van der Waals surface area contributed by atoms with E-state index < -0.39 is 0 Å². The van der Waals surface area contributed by atoms with E-state index in [1.807, 2.05) is 34.0 Å². The molecule has 8 heteroatoms. The fourth-order valence-corrected chi connectivity index (χ4v) is 3.50. The summed E-state index contributed by atoms with van der Waals surface area (Å²) in [6.07, 6.45) is 6.24.